The SMILES string of the molecule is Cc1ccccc1N(c1cc2c3cc4c5c(cccc5c3sc2c2ccccc12)-c1cc(-c2ccc(N(c3cc5c6cc(N(c7ccccc7)c7cccc8c7oc7ccccc78)c7ccccc7c6sc5c5ccccc35)c3cccc5c3oc3ccccc35)cc2)ccc1N4c1cccc2c1oc1ccccc12)c1cccc2c1oc1ccccc12. The molecule has 0 spiro atoms. The zero-order valence-corrected chi connectivity index (χ0v) is 67.7. The number of fused-ring (bicyclic) bond motifs is 27. The highest BCUT2D eigenvalue weighted by Crippen LogP contribution is 2.60. The van der Waals surface area contributed by atoms with Crippen LogP contribution in [0.2, 0.25) is 0 Å². The average Bonchev–Trinajstić information content (AvgIpc) is 1.58. The van der Waals surface area contributed by atoms with Gasteiger partial charge in [0.15, 0.2) is 22.3 Å². The summed E-state index contributed by atoms with van der Waals surface area (Å²) in [5.41, 5.74) is 24.6. The minimum Gasteiger partial charge on any atom is -0.454 e. The molecule has 0 aliphatic carbocycles. The van der Waals surface area contributed by atoms with Gasteiger partial charge >= 0.3 is 0 Å². The van der Waals surface area contributed by atoms with E-state index in [-0.39, 0.29) is 0 Å². The minimum absolute atomic E-state index is 0.810. The Hall–Kier alpha value is -15.7. The lowest BCUT2D eigenvalue weighted by Gasteiger charge is -2.34. The van der Waals surface area contributed by atoms with Crippen molar-refractivity contribution >= 4 is 262 Å². The molecule has 8 nitrogen and oxygen atoms in total. The number of nitrogens with zero attached hydrogens (tertiary/aromatic N) is 4. The van der Waals surface area contributed by atoms with E-state index < -0.39 is 0 Å². The average molecular weight is 1610 g/mol. The Bertz CT molecular complexity index is 9040. The van der Waals surface area contributed by atoms with Gasteiger partial charge in [-0.1, -0.05) is 267 Å². The molecule has 123 heavy (non-hydrogen) atoms. The van der Waals surface area contributed by atoms with Gasteiger partial charge in [-0.2, -0.15) is 0 Å². The maximum Gasteiger partial charge on any atom is 0.159 e. The van der Waals surface area contributed by atoms with Gasteiger partial charge in [-0.05, 0) is 144 Å². The number of hydrogen-bond acceptors (Lipinski definition) is 10. The fourth-order valence-corrected chi connectivity index (χ4v) is 23.0. The molecule has 26 aromatic rings. The summed E-state index contributed by atoms with van der Waals surface area (Å²) < 4.78 is 33.0. The number of aryl methyl sites for hydroxylation is 1. The molecular formula is C113H66N4O4S2. The van der Waals surface area contributed by atoms with E-state index in [2.05, 4.69) is 403 Å². The molecule has 0 atom stereocenters. The van der Waals surface area contributed by atoms with Gasteiger partial charge in [0.2, 0.25) is 0 Å². The largest absolute Gasteiger partial charge is 0.454 e. The van der Waals surface area contributed by atoms with E-state index in [1.807, 2.05) is 28.7 Å². The maximum atomic E-state index is 7.12. The van der Waals surface area contributed by atoms with Crippen LogP contribution in [-0.4, -0.2) is 0 Å². The van der Waals surface area contributed by atoms with Crippen LogP contribution >= 0.6 is 22.7 Å². The van der Waals surface area contributed by atoms with Crippen molar-refractivity contribution in [1.82, 2.24) is 0 Å². The highest BCUT2D eigenvalue weighted by atomic mass is 32.1. The monoisotopic (exact) mass is 1610 g/mol. The summed E-state index contributed by atoms with van der Waals surface area (Å²) in [5.74, 6) is 0. The Kier molecular flexibility index (Phi) is 14.5. The van der Waals surface area contributed by atoms with E-state index >= 15 is 0 Å². The van der Waals surface area contributed by atoms with Crippen molar-refractivity contribution in [2.75, 3.05) is 19.6 Å². The van der Waals surface area contributed by atoms with E-state index in [0.29, 0.717) is 0 Å². The second-order valence-corrected chi connectivity index (χ2v) is 34.5. The third kappa shape index (κ3) is 9.92. The van der Waals surface area contributed by atoms with Crippen LogP contribution < -0.4 is 19.6 Å². The highest BCUT2D eigenvalue weighted by Gasteiger charge is 2.34. The first-order chi connectivity index (χ1) is 60.9. The van der Waals surface area contributed by atoms with E-state index in [9.17, 15) is 0 Å². The molecule has 1 aliphatic rings. The topological polar surface area (TPSA) is 65.5 Å². The summed E-state index contributed by atoms with van der Waals surface area (Å²) in [5, 5.41) is 22.6. The van der Waals surface area contributed by atoms with Gasteiger partial charge in [0.1, 0.15) is 22.3 Å². The molecule has 20 aromatic carbocycles. The fourth-order valence-electron chi connectivity index (χ4n) is 20.4. The van der Waals surface area contributed by atoms with E-state index in [4.69, 9.17) is 17.7 Å². The molecular weight excluding hydrogens is 1540 g/mol. The highest BCUT2D eigenvalue weighted by molar-refractivity contribution is 7.28. The molecule has 0 unspecified atom stereocenters. The Morgan fingerprint density at radius 3 is 1.07 bits per heavy atom. The lowest BCUT2D eigenvalue weighted by atomic mass is 9.88. The van der Waals surface area contributed by atoms with Crippen LogP contribution in [0.15, 0.2) is 400 Å². The molecule has 0 saturated heterocycles. The zero-order valence-electron chi connectivity index (χ0n) is 66.1. The third-order valence-electron chi connectivity index (χ3n) is 25.8. The predicted molar refractivity (Wildman–Crippen MR) is 519 cm³/mol. The van der Waals surface area contributed by atoms with Gasteiger partial charge in [0.25, 0.3) is 0 Å². The van der Waals surface area contributed by atoms with Crippen LogP contribution in [-0.2, 0) is 0 Å². The number of benzene rings is 20. The van der Waals surface area contributed by atoms with Gasteiger partial charge in [-0.25, -0.2) is 0 Å². The normalized spacial score (nSPS) is 12.4. The van der Waals surface area contributed by atoms with Gasteiger partial charge in [0, 0.05) is 149 Å². The van der Waals surface area contributed by atoms with Crippen LogP contribution in [0.3, 0.4) is 0 Å². The number of anilines is 12. The molecule has 574 valence electrons. The van der Waals surface area contributed by atoms with Crippen molar-refractivity contribution < 1.29 is 17.7 Å². The third-order valence-corrected chi connectivity index (χ3v) is 28.4. The summed E-state index contributed by atoms with van der Waals surface area (Å²) in [7, 11) is 0. The Morgan fingerprint density at radius 1 is 0.211 bits per heavy atom. The maximum absolute atomic E-state index is 7.12. The molecule has 0 N–H and O–H groups in total. The van der Waals surface area contributed by atoms with Crippen molar-refractivity contribution in [3.05, 3.63) is 388 Å². The first kappa shape index (κ1) is 68.2. The second-order valence-electron chi connectivity index (χ2n) is 32.4. The molecule has 7 heterocycles. The lowest BCUT2D eigenvalue weighted by Crippen LogP contribution is -2.15. The van der Waals surface area contributed by atoms with Gasteiger partial charge in [-0.15, -0.1) is 22.7 Å². The summed E-state index contributed by atoms with van der Waals surface area (Å²) >= 11 is 3.77. The molecule has 0 fully saturated rings. The smallest absolute Gasteiger partial charge is 0.159 e. The molecule has 0 amide bonds. The van der Waals surface area contributed by atoms with Crippen molar-refractivity contribution in [3.63, 3.8) is 0 Å². The van der Waals surface area contributed by atoms with Gasteiger partial charge in [-0.3, -0.25) is 0 Å². The van der Waals surface area contributed by atoms with Gasteiger partial charge < -0.3 is 37.3 Å². The van der Waals surface area contributed by atoms with E-state index in [1.54, 1.807) is 0 Å². The van der Waals surface area contributed by atoms with E-state index in [0.717, 1.165) is 205 Å². The van der Waals surface area contributed by atoms with Crippen LogP contribution in [0.4, 0.5) is 68.2 Å². The van der Waals surface area contributed by atoms with Crippen LogP contribution in [0.5, 0.6) is 0 Å². The summed E-state index contributed by atoms with van der Waals surface area (Å²) in [6.07, 6.45) is 0. The number of thiophene rings is 2. The predicted octanol–water partition coefficient (Wildman–Crippen LogP) is 34.5. The Morgan fingerprint density at radius 2 is 0.569 bits per heavy atom. The first-order valence-electron chi connectivity index (χ1n) is 41.8. The Balaban J connectivity index is 0.653. The van der Waals surface area contributed by atoms with Crippen molar-refractivity contribution in [1.29, 1.82) is 0 Å². The summed E-state index contributed by atoms with van der Waals surface area (Å²) in [6, 6.07) is 139. The van der Waals surface area contributed by atoms with Crippen molar-refractivity contribution in [2.24, 2.45) is 0 Å². The van der Waals surface area contributed by atoms with Crippen LogP contribution in [0.1, 0.15) is 5.56 Å². The molecule has 1 aliphatic heterocycles. The lowest BCUT2D eigenvalue weighted by molar-refractivity contribution is 0.668. The van der Waals surface area contributed by atoms with Gasteiger partial charge in [0.05, 0.1) is 51.2 Å². The molecule has 0 saturated carbocycles. The molecule has 0 bridgehead atoms. The number of rotatable bonds is 11. The van der Waals surface area contributed by atoms with Crippen LogP contribution in [0, 0.1) is 6.92 Å². The second kappa shape index (κ2) is 26.1. The summed E-state index contributed by atoms with van der Waals surface area (Å²) in [6.45, 7) is 2.21. The van der Waals surface area contributed by atoms with Crippen molar-refractivity contribution in [2.45, 2.75) is 6.92 Å². The van der Waals surface area contributed by atoms with Crippen LogP contribution in [0.25, 0.3) is 193 Å². The molecule has 27 rings (SSSR count). The Labute approximate surface area is 711 Å². The number of hydrogen-bond donors (Lipinski definition) is 0. The standard InChI is InChI=1S/C113H66N4O4S2/c1-65-26-5-16-45-91(65)116(95-48-24-42-80-75-34-14-19-52-103(75)120-108(80)95)99-63-89-90-64-100-105-77(39-21-44-85(105)113(90)123-112(89)84-38-11-8-31-72(84)99)86-60-67(56-59-92(86)117(100)96-49-25-43-81-76-35-15-20-53-104(76)121-109(81)96)66-54-57-69(58-55-66)115(94-47-23-41-79-74-33-13-18-51-102(74)119-107(79)94)98-62-88-87-61-97(70-29-6-9-36-82(70)110(87)122-111(88)83-37-10-7-30-71(83)98)114(68-27-3-2-4-28-68)93-46-22-40-78-73-32-12-17-50-101(73)118-106(78)93/h2-64H,1H3. The molecule has 6 aromatic heterocycles. The quantitative estimate of drug-likeness (QED) is 0.127. The fraction of sp³-hybridized carbons (Fsp3) is 0.00885. The zero-order chi connectivity index (χ0) is 80.4. The van der Waals surface area contributed by atoms with Crippen molar-refractivity contribution in [3.8, 4) is 22.3 Å². The molecule has 10 heteroatoms. The van der Waals surface area contributed by atoms with E-state index in [1.165, 1.54) is 62.1 Å². The number of para-hydroxylation sites is 10. The minimum atomic E-state index is 0.810. The first-order valence-corrected chi connectivity index (χ1v) is 43.4. The number of furan rings is 4. The molecule has 0 radical (unpaired) electrons. The summed E-state index contributed by atoms with van der Waals surface area (Å²) in [4.78, 5) is 9.79.